The molecular formula is C15H27N5O3S2. The van der Waals surface area contributed by atoms with Crippen molar-refractivity contribution in [3.05, 3.63) is 18.0 Å². The van der Waals surface area contributed by atoms with Crippen molar-refractivity contribution in [2.24, 2.45) is 4.99 Å². The molecule has 1 fully saturated rings. The Hall–Kier alpha value is -1.26. The molecule has 1 aliphatic heterocycles. The third-order valence-electron chi connectivity index (χ3n) is 3.99. The van der Waals surface area contributed by atoms with E-state index in [1.54, 1.807) is 17.8 Å². The van der Waals surface area contributed by atoms with Gasteiger partial charge in [0.15, 0.2) is 5.96 Å². The number of hydrogen-bond donors (Lipinski definition) is 1. The predicted molar refractivity (Wildman–Crippen MR) is 101 cm³/mol. The van der Waals surface area contributed by atoms with Crippen LogP contribution in [0.25, 0.3) is 0 Å². The Morgan fingerprint density at radius 3 is 2.72 bits per heavy atom. The molecule has 2 rings (SSSR count). The molecule has 0 saturated carbocycles. The molecule has 1 aliphatic rings. The molecule has 142 valence electrons. The fourth-order valence-corrected chi connectivity index (χ4v) is 4.13. The second-order valence-corrected chi connectivity index (χ2v) is 9.12. The Labute approximate surface area is 154 Å². The van der Waals surface area contributed by atoms with Crippen molar-refractivity contribution < 1.29 is 12.9 Å². The summed E-state index contributed by atoms with van der Waals surface area (Å²) in [4.78, 5) is 6.80. The highest BCUT2D eigenvalue weighted by Gasteiger charge is 2.29. The van der Waals surface area contributed by atoms with E-state index in [0.717, 1.165) is 19.0 Å². The molecule has 8 nitrogen and oxygen atoms in total. The zero-order valence-corrected chi connectivity index (χ0v) is 16.6. The minimum atomic E-state index is -3.38. The molecule has 25 heavy (non-hydrogen) atoms. The summed E-state index contributed by atoms with van der Waals surface area (Å²) in [5, 5.41) is 7.44. The van der Waals surface area contributed by atoms with E-state index in [-0.39, 0.29) is 5.75 Å². The van der Waals surface area contributed by atoms with Gasteiger partial charge in [-0.1, -0.05) is 12.1 Å². The summed E-state index contributed by atoms with van der Waals surface area (Å²) in [6.45, 7) is 7.85. The predicted octanol–water partition coefficient (Wildman–Crippen LogP) is 0.839. The van der Waals surface area contributed by atoms with Gasteiger partial charge < -0.3 is 14.7 Å². The van der Waals surface area contributed by atoms with E-state index in [1.807, 2.05) is 6.92 Å². The number of nitrogens with zero attached hydrogens (tertiary/aromatic N) is 4. The van der Waals surface area contributed by atoms with Crippen molar-refractivity contribution in [3.63, 3.8) is 0 Å². The van der Waals surface area contributed by atoms with E-state index in [1.165, 1.54) is 10.6 Å². The maximum absolute atomic E-state index is 12.5. The first-order chi connectivity index (χ1) is 12.0. The number of sulfonamides is 1. The number of piperazine rings is 1. The van der Waals surface area contributed by atoms with Crippen LogP contribution in [0.5, 0.6) is 0 Å². The van der Waals surface area contributed by atoms with Gasteiger partial charge in [0.2, 0.25) is 10.0 Å². The molecule has 0 aliphatic carbocycles. The molecule has 0 bridgehead atoms. The van der Waals surface area contributed by atoms with Gasteiger partial charge in [-0.25, -0.2) is 8.42 Å². The molecule has 0 spiro atoms. The SMILES string of the molecule is CCNC(=NCC(C)SC)N1CCN(S(=O)(=O)Cc2ccon2)CC1. The number of aliphatic imine (C=N–C) groups is 1. The van der Waals surface area contributed by atoms with Gasteiger partial charge in [-0.15, -0.1) is 0 Å². The summed E-state index contributed by atoms with van der Waals surface area (Å²) < 4.78 is 31.2. The van der Waals surface area contributed by atoms with Crippen molar-refractivity contribution in [3.8, 4) is 0 Å². The molecule has 1 aromatic rings. The number of thioether (sulfide) groups is 1. The molecule has 0 radical (unpaired) electrons. The summed E-state index contributed by atoms with van der Waals surface area (Å²) >= 11 is 1.78. The van der Waals surface area contributed by atoms with Crippen LogP contribution >= 0.6 is 11.8 Å². The zero-order chi connectivity index (χ0) is 18.3. The number of hydrogen-bond acceptors (Lipinski definition) is 6. The van der Waals surface area contributed by atoms with Crippen molar-refractivity contribution in [2.75, 3.05) is 45.5 Å². The van der Waals surface area contributed by atoms with Gasteiger partial charge in [-0.05, 0) is 13.2 Å². The highest BCUT2D eigenvalue weighted by atomic mass is 32.2. The second kappa shape index (κ2) is 9.44. The monoisotopic (exact) mass is 389 g/mol. The van der Waals surface area contributed by atoms with E-state index >= 15 is 0 Å². The highest BCUT2D eigenvalue weighted by molar-refractivity contribution is 7.99. The maximum atomic E-state index is 12.5. The van der Waals surface area contributed by atoms with Crippen molar-refractivity contribution in [1.82, 2.24) is 19.7 Å². The van der Waals surface area contributed by atoms with E-state index in [4.69, 9.17) is 4.52 Å². The smallest absolute Gasteiger partial charge is 0.220 e. The van der Waals surface area contributed by atoms with Crippen LogP contribution in [0.15, 0.2) is 21.8 Å². The molecule has 1 atom stereocenters. The summed E-state index contributed by atoms with van der Waals surface area (Å²) in [6.07, 6.45) is 3.46. The quantitative estimate of drug-likeness (QED) is 0.546. The van der Waals surface area contributed by atoms with Crippen molar-refractivity contribution in [1.29, 1.82) is 0 Å². The summed E-state index contributed by atoms with van der Waals surface area (Å²) in [5.41, 5.74) is 0.434. The normalized spacial score (nSPS) is 18.4. The van der Waals surface area contributed by atoms with Gasteiger partial charge in [0.25, 0.3) is 0 Å². The molecule has 10 heteroatoms. The van der Waals surface area contributed by atoms with Gasteiger partial charge in [0.1, 0.15) is 12.0 Å². The zero-order valence-electron chi connectivity index (χ0n) is 15.0. The van der Waals surface area contributed by atoms with Crippen LogP contribution in [0.3, 0.4) is 0 Å². The Morgan fingerprint density at radius 1 is 1.44 bits per heavy atom. The molecule has 1 aromatic heterocycles. The van der Waals surface area contributed by atoms with Crippen molar-refractivity contribution >= 4 is 27.7 Å². The molecule has 2 heterocycles. The Kier molecular flexibility index (Phi) is 7.57. The molecule has 0 amide bonds. The fraction of sp³-hybridized carbons (Fsp3) is 0.733. The first-order valence-electron chi connectivity index (χ1n) is 8.39. The van der Waals surface area contributed by atoms with E-state index in [0.29, 0.717) is 37.1 Å². The van der Waals surface area contributed by atoms with E-state index < -0.39 is 10.0 Å². The van der Waals surface area contributed by atoms with Gasteiger partial charge >= 0.3 is 0 Å². The first-order valence-corrected chi connectivity index (χ1v) is 11.3. The van der Waals surface area contributed by atoms with Gasteiger partial charge in [-0.2, -0.15) is 16.1 Å². The topological polar surface area (TPSA) is 91.0 Å². The van der Waals surface area contributed by atoms with Crippen LogP contribution in [-0.2, 0) is 15.8 Å². The number of rotatable bonds is 7. The minimum Gasteiger partial charge on any atom is -0.364 e. The average Bonchev–Trinajstić information content (AvgIpc) is 3.10. The van der Waals surface area contributed by atoms with Crippen molar-refractivity contribution in [2.45, 2.75) is 24.9 Å². The van der Waals surface area contributed by atoms with Gasteiger partial charge in [0.05, 0.1) is 12.2 Å². The molecule has 0 aromatic carbocycles. The first kappa shape index (κ1) is 20.1. The van der Waals surface area contributed by atoms with Crippen LogP contribution in [0.2, 0.25) is 0 Å². The van der Waals surface area contributed by atoms with Crippen LogP contribution in [0.1, 0.15) is 19.5 Å². The standard InChI is InChI=1S/C15H27N5O3S2/c1-4-16-15(17-11-13(2)24-3)19-6-8-20(9-7-19)25(21,22)12-14-5-10-23-18-14/h5,10,13H,4,6-9,11-12H2,1-3H3,(H,16,17). The van der Waals surface area contributed by atoms with Crippen LogP contribution in [-0.4, -0.2) is 79.5 Å². The summed E-state index contributed by atoms with van der Waals surface area (Å²) in [5.74, 6) is 0.736. The molecular weight excluding hydrogens is 362 g/mol. The number of nitrogens with one attached hydrogen (secondary N) is 1. The number of guanidine groups is 1. The molecule has 1 saturated heterocycles. The lowest BCUT2D eigenvalue weighted by Gasteiger charge is -2.35. The second-order valence-electron chi connectivity index (χ2n) is 5.87. The summed E-state index contributed by atoms with van der Waals surface area (Å²) in [7, 11) is -3.38. The van der Waals surface area contributed by atoms with Crippen LogP contribution in [0.4, 0.5) is 0 Å². The third-order valence-corrected chi connectivity index (χ3v) is 6.75. The number of aromatic nitrogens is 1. The minimum absolute atomic E-state index is 0.122. The third kappa shape index (κ3) is 5.89. The Bertz CT molecular complexity index is 640. The lowest BCUT2D eigenvalue weighted by atomic mass is 10.4. The van der Waals surface area contributed by atoms with E-state index in [2.05, 4.69) is 33.5 Å². The molecule has 1 unspecified atom stereocenters. The Morgan fingerprint density at radius 2 is 2.16 bits per heavy atom. The largest absolute Gasteiger partial charge is 0.364 e. The lowest BCUT2D eigenvalue weighted by molar-refractivity contribution is 0.260. The maximum Gasteiger partial charge on any atom is 0.220 e. The van der Waals surface area contributed by atoms with E-state index in [9.17, 15) is 8.42 Å². The van der Waals surface area contributed by atoms with Gasteiger partial charge in [0, 0.05) is 44.0 Å². The van der Waals surface area contributed by atoms with Gasteiger partial charge in [-0.3, -0.25) is 4.99 Å². The Balaban J connectivity index is 1.94. The molecule has 1 N–H and O–H groups in total. The summed E-state index contributed by atoms with van der Waals surface area (Å²) in [6, 6.07) is 1.58. The fourth-order valence-electron chi connectivity index (χ4n) is 2.48. The van der Waals surface area contributed by atoms with Crippen LogP contribution in [0, 0.1) is 0 Å². The lowest BCUT2D eigenvalue weighted by Crippen LogP contribution is -2.54. The average molecular weight is 390 g/mol. The van der Waals surface area contributed by atoms with Crippen LogP contribution < -0.4 is 5.32 Å². The highest BCUT2D eigenvalue weighted by Crippen LogP contribution is 2.13.